The van der Waals surface area contributed by atoms with Gasteiger partial charge in [0, 0.05) is 11.2 Å². The number of hydrogen-bond acceptors (Lipinski definition) is 3. The van der Waals surface area contributed by atoms with Crippen molar-refractivity contribution >= 4 is 15.9 Å². The zero-order valence-corrected chi connectivity index (χ0v) is 9.92. The van der Waals surface area contributed by atoms with Crippen molar-refractivity contribution in [2.45, 2.75) is 18.2 Å². The summed E-state index contributed by atoms with van der Waals surface area (Å²) in [6.07, 6.45) is 0.807. The maximum atomic E-state index is 4.00. The van der Waals surface area contributed by atoms with Crippen LogP contribution in [-0.4, -0.2) is 25.0 Å². The van der Waals surface area contributed by atoms with E-state index in [0.29, 0.717) is 4.83 Å². The van der Waals surface area contributed by atoms with Gasteiger partial charge >= 0.3 is 0 Å². The Balaban J connectivity index is 2.33. The minimum Gasteiger partial charge on any atom is -0.197 e. The summed E-state index contributed by atoms with van der Waals surface area (Å²) in [5, 5.41) is 11.7. The predicted molar refractivity (Wildman–Crippen MR) is 61.2 cm³/mol. The molecular formula is C10H11BrN4. The molecule has 5 heteroatoms. The molecule has 4 nitrogen and oxygen atoms in total. The third kappa shape index (κ3) is 2.41. The Morgan fingerprint density at radius 3 is 2.73 bits per heavy atom. The van der Waals surface area contributed by atoms with Crippen LogP contribution in [0.25, 0.3) is 5.69 Å². The minimum atomic E-state index is 0.367. The SMILES string of the molecule is CC(Br)Cc1nnnn1-c1ccccc1. The lowest BCUT2D eigenvalue weighted by atomic mass is 10.3. The maximum absolute atomic E-state index is 4.00. The van der Waals surface area contributed by atoms with Crippen LogP contribution < -0.4 is 0 Å². The number of alkyl halides is 1. The monoisotopic (exact) mass is 266 g/mol. The van der Waals surface area contributed by atoms with Gasteiger partial charge in [0.1, 0.15) is 0 Å². The fraction of sp³-hybridized carbons (Fsp3) is 0.300. The van der Waals surface area contributed by atoms with Gasteiger partial charge in [-0.25, -0.2) is 0 Å². The van der Waals surface area contributed by atoms with Crippen LogP contribution in [0.5, 0.6) is 0 Å². The highest BCUT2D eigenvalue weighted by Gasteiger charge is 2.09. The second-order valence-corrected chi connectivity index (χ2v) is 4.89. The lowest BCUT2D eigenvalue weighted by molar-refractivity contribution is 0.752. The van der Waals surface area contributed by atoms with Gasteiger partial charge in [0.2, 0.25) is 0 Å². The number of tetrazole rings is 1. The van der Waals surface area contributed by atoms with E-state index in [-0.39, 0.29) is 0 Å². The van der Waals surface area contributed by atoms with Crippen molar-refractivity contribution in [1.82, 2.24) is 20.2 Å². The average Bonchev–Trinajstić information content (AvgIpc) is 2.66. The minimum absolute atomic E-state index is 0.367. The highest BCUT2D eigenvalue weighted by molar-refractivity contribution is 9.09. The maximum Gasteiger partial charge on any atom is 0.157 e. The van der Waals surface area contributed by atoms with Crippen molar-refractivity contribution in [3.05, 3.63) is 36.2 Å². The van der Waals surface area contributed by atoms with Gasteiger partial charge < -0.3 is 0 Å². The molecule has 1 heterocycles. The Bertz CT molecular complexity index is 424. The zero-order chi connectivity index (χ0) is 10.7. The van der Waals surface area contributed by atoms with E-state index in [0.717, 1.165) is 17.9 Å². The summed E-state index contributed by atoms with van der Waals surface area (Å²) in [6.45, 7) is 2.07. The van der Waals surface area contributed by atoms with E-state index in [1.165, 1.54) is 0 Å². The third-order valence-corrected chi connectivity index (χ3v) is 2.32. The standard InChI is InChI=1S/C10H11BrN4/c1-8(11)7-10-12-13-14-15(10)9-5-3-2-4-6-9/h2-6,8H,7H2,1H3. The highest BCUT2D eigenvalue weighted by Crippen LogP contribution is 2.11. The Kier molecular flexibility index (Phi) is 3.11. The first-order chi connectivity index (χ1) is 7.27. The lowest BCUT2D eigenvalue weighted by Gasteiger charge is -2.04. The van der Waals surface area contributed by atoms with Crippen LogP contribution in [0.15, 0.2) is 30.3 Å². The molecule has 0 aliphatic carbocycles. The van der Waals surface area contributed by atoms with E-state index in [1.54, 1.807) is 4.68 Å². The predicted octanol–water partition coefficient (Wildman–Crippen LogP) is 1.99. The molecule has 0 saturated heterocycles. The molecule has 0 aliphatic heterocycles. The van der Waals surface area contributed by atoms with Crippen molar-refractivity contribution in [2.75, 3.05) is 0 Å². The summed E-state index contributed by atoms with van der Waals surface area (Å²) >= 11 is 3.49. The number of aromatic nitrogens is 4. The van der Waals surface area contributed by atoms with Crippen molar-refractivity contribution in [1.29, 1.82) is 0 Å². The molecule has 1 aromatic heterocycles. The molecule has 0 amide bonds. The quantitative estimate of drug-likeness (QED) is 0.799. The lowest BCUT2D eigenvalue weighted by Crippen LogP contribution is -2.07. The van der Waals surface area contributed by atoms with E-state index in [2.05, 4.69) is 38.4 Å². The Hall–Kier alpha value is -1.23. The first-order valence-corrected chi connectivity index (χ1v) is 5.65. The number of halogens is 1. The van der Waals surface area contributed by atoms with Crippen molar-refractivity contribution in [2.24, 2.45) is 0 Å². The van der Waals surface area contributed by atoms with Gasteiger partial charge in [0.25, 0.3) is 0 Å². The second-order valence-electron chi connectivity index (χ2n) is 3.33. The number of nitrogens with zero attached hydrogens (tertiary/aromatic N) is 4. The van der Waals surface area contributed by atoms with Crippen LogP contribution in [0, 0.1) is 0 Å². The largest absolute Gasteiger partial charge is 0.197 e. The van der Waals surface area contributed by atoms with Gasteiger partial charge in [0.05, 0.1) is 5.69 Å². The average molecular weight is 267 g/mol. The summed E-state index contributed by atoms with van der Waals surface area (Å²) in [5.41, 5.74) is 0.991. The van der Waals surface area contributed by atoms with Crippen molar-refractivity contribution in [3.8, 4) is 5.69 Å². The van der Waals surface area contributed by atoms with Crippen LogP contribution in [0.4, 0.5) is 0 Å². The summed E-state index contributed by atoms with van der Waals surface area (Å²) in [7, 11) is 0. The molecule has 1 atom stereocenters. The van der Waals surface area contributed by atoms with E-state index >= 15 is 0 Å². The van der Waals surface area contributed by atoms with Crippen LogP contribution in [0.2, 0.25) is 0 Å². The zero-order valence-electron chi connectivity index (χ0n) is 8.34. The highest BCUT2D eigenvalue weighted by atomic mass is 79.9. The molecule has 1 aromatic carbocycles. The van der Waals surface area contributed by atoms with Gasteiger partial charge in [0.15, 0.2) is 5.82 Å². The summed E-state index contributed by atoms with van der Waals surface area (Å²) in [5.74, 6) is 0.866. The summed E-state index contributed by atoms with van der Waals surface area (Å²) in [6, 6.07) is 9.88. The fourth-order valence-electron chi connectivity index (χ4n) is 1.35. The van der Waals surface area contributed by atoms with Crippen LogP contribution in [-0.2, 0) is 6.42 Å². The van der Waals surface area contributed by atoms with Crippen LogP contribution in [0.1, 0.15) is 12.7 Å². The second kappa shape index (κ2) is 4.53. The van der Waals surface area contributed by atoms with Gasteiger partial charge in [-0.2, -0.15) is 4.68 Å². The number of benzene rings is 1. The molecular weight excluding hydrogens is 256 g/mol. The van der Waals surface area contributed by atoms with E-state index in [4.69, 9.17) is 0 Å². The van der Waals surface area contributed by atoms with Crippen molar-refractivity contribution in [3.63, 3.8) is 0 Å². The molecule has 1 unspecified atom stereocenters. The number of para-hydroxylation sites is 1. The normalized spacial score (nSPS) is 12.7. The van der Waals surface area contributed by atoms with Crippen molar-refractivity contribution < 1.29 is 0 Å². The smallest absolute Gasteiger partial charge is 0.157 e. The van der Waals surface area contributed by atoms with Crippen LogP contribution >= 0.6 is 15.9 Å². The van der Waals surface area contributed by atoms with E-state index in [1.807, 2.05) is 30.3 Å². The summed E-state index contributed by atoms with van der Waals surface area (Å²) < 4.78 is 1.76. The third-order valence-electron chi connectivity index (χ3n) is 2.00. The van der Waals surface area contributed by atoms with E-state index in [9.17, 15) is 0 Å². The molecule has 0 bridgehead atoms. The Morgan fingerprint density at radius 2 is 2.07 bits per heavy atom. The molecule has 0 fully saturated rings. The molecule has 2 rings (SSSR count). The molecule has 2 aromatic rings. The molecule has 15 heavy (non-hydrogen) atoms. The summed E-state index contributed by atoms with van der Waals surface area (Å²) in [4.78, 5) is 0.367. The Morgan fingerprint density at radius 1 is 1.33 bits per heavy atom. The number of rotatable bonds is 3. The van der Waals surface area contributed by atoms with E-state index < -0.39 is 0 Å². The molecule has 0 spiro atoms. The number of hydrogen-bond donors (Lipinski definition) is 0. The Labute approximate surface area is 96.4 Å². The van der Waals surface area contributed by atoms with Gasteiger partial charge in [-0.05, 0) is 22.6 Å². The molecule has 0 saturated carbocycles. The molecule has 0 aliphatic rings. The first-order valence-electron chi connectivity index (χ1n) is 4.74. The molecule has 78 valence electrons. The van der Waals surface area contributed by atoms with Gasteiger partial charge in [-0.3, -0.25) is 0 Å². The topological polar surface area (TPSA) is 43.6 Å². The fourth-order valence-corrected chi connectivity index (χ4v) is 1.64. The molecule has 0 N–H and O–H groups in total. The van der Waals surface area contributed by atoms with Gasteiger partial charge in [-0.1, -0.05) is 41.1 Å². The van der Waals surface area contributed by atoms with Gasteiger partial charge in [-0.15, -0.1) is 5.10 Å². The molecule has 0 radical (unpaired) electrons. The first kappa shape index (κ1) is 10.3. The van der Waals surface area contributed by atoms with Crippen LogP contribution in [0.3, 0.4) is 0 Å².